The van der Waals surface area contributed by atoms with E-state index in [0.29, 0.717) is 11.9 Å². The van der Waals surface area contributed by atoms with Gasteiger partial charge in [0.15, 0.2) is 0 Å². The molecule has 2 rings (SSSR count). The molecule has 2 aromatic rings. The number of hydrogen-bond donors (Lipinski definition) is 2. The maximum atomic E-state index is 12.4. The lowest BCUT2D eigenvalue weighted by atomic mass is 10.1. The smallest absolute Gasteiger partial charge is 0.256 e. The van der Waals surface area contributed by atoms with Crippen molar-refractivity contribution in [1.29, 1.82) is 0 Å². The molecule has 5 nitrogen and oxygen atoms in total. The molecule has 0 radical (unpaired) electrons. The quantitative estimate of drug-likeness (QED) is 0.618. The van der Waals surface area contributed by atoms with Crippen molar-refractivity contribution in [2.45, 2.75) is 13.8 Å². The number of H-pyrrole nitrogens is 1. The minimum Gasteiger partial charge on any atom is -0.360 e. The van der Waals surface area contributed by atoms with Gasteiger partial charge >= 0.3 is 0 Å². The normalized spacial score (nSPS) is 10.2. The molecule has 0 saturated carbocycles. The second-order valence-corrected chi connectivity index (χ2v) is 6.25. The highest BCUT2D eigenvalue weighted by Crippen LogP contribution is 2.12. The zero-order valence-electron chi connectivity index (χ0n) is 13.6. The first-order valence-electron chi connectivity index (χ1n) is 7.38. The van der Waals surface area contributed by atoms with E-state index in [1.54, 1.807) is 6.07 Å². The Bertz CT molecular complexity index is 733. The Kier molecular flexibility index (Phi) is 10.5. The molecule has 1 heterocycles. The number of carbonyl (C=O) groups is 1. The van der Waals surface area contributed by atoms with E-state index in [1.165, 1.54) is 6.20 Å². The van der Waals surface area contributed by atoms with Crippen LogP contribution in [-0.2, 0) is 0 Å². The number of rotatable bonds is 6. The molecule has 0 unspecified atom stereocenters. The molecule has 0 spiro atoms. The van der Waals surface area contributed by atoms with Crippen molar-refractivity contribution in [3.8, 4) is 0 Å². The maximum Gasteiger partial charge on any atom is 0.256 e. The summed E-state index contributed by atoms with van der Waals surface area (Å²) in [7, 11) is 0. The summed E-state index contributed by atoms with van der Waals surface area (Å²) in [4.78, 5) is 29.9. The van der Waals surface area contributed by atoms with E-state index in [1.807, 2.05) is 12.1 Å². The minimum absolute atomic E-state index is 0. The standard InChI is InChI=1S/C16H20IN3O2.2ClH/c1-3-20(4-2)8-7-18-16(22)13-10-19-14-6-5-11(17)9-12(14)15(13)21;;/h5-6,9-10H,3-4,7-8H2,1-2H3,(H,18,22)(H,19,21);2*1H. The first-order chi connectivity index (χ1) is 10.6. The van der Waals surface area contributed by atoms with Crippen LogP contribution in [0.3, 0.4) is 0 Å². The third-order valence-electron chi connectivity index (χ3n) is 3.70. The van der Waals surface area contributed by atoms with Gasteiger partial charge < -0.3 is 15.2 Å². The van der Waals surface area contributed by atoms with E-state index in [2.05, 4.69) is 51.6 Å². The number of halogens is 3. The highest BCUT2D eigenvalue weighted by atomic mass is 127. The predicted octanol–water partition coefficient (Wildman–Crippen LogP) is 3.05. The highest BCUT2D eigenvalue weighted by molar-refractivity contribution is 14.1. The fourth-order valence-electron chi connectivity index (χ4n) is 2.32. The summed E-state index contributed by atoms with van der Waals surface area (Å²) in [5.41, 5.74) is 0.673. The number of likely N-dealkylation sites (N-methyl/N-ethyl adjacent to an activating group) is 1. The second kappa shape index (κ2) is 10.9. The molecule has 1 amide bonds. The Morgan fingerprint density at radius 1 is 1.25 bits per heavy atom. The Hall–Kier alpha value is -0.830. The van der Waals surface area contributed by atoms with Gasteiger partial charge in [-0.1, -0.05) is 13.8 Å². The van der Waals surface area contributed by atoms with E-state index in [0.717, 1.165) is 28.7 Å². The average Bonchev–Trinajstić information content (AvgIpc) is 2.52. The van der Waals surface area contributed by atoms with Crippen LogP contribution < -0.4 is 10.7 Å². The number of aromatic amines is 1. The zero-order chi connectivity index (χ0) is 16.1. The molecule has 134 valence electrons. The van der Waals surface area contributed by atoms with Gasteiger partial charge in [-0.25, -0.2) is 0 Å². The van der Waals surface area contributed by atoms with Crippen molar-refractivity contribution in [2.24, 2.45) is 0 Å². The number of aromatic nitrogens is 1. The lowest BCUT2D eigenvalue weighted by Crippen LogP contribution is -2.36. The van der Waals surface area contributed by atoms with Gasteiger partial charge in [-0.05, 0) is 53.9 Å². The van der Waals surface area contributed by atoms with Crippen LogP contribution in [0.2, 0.25) is 0 Å². The number of amides is 1. The SMILES string of the molecule is CCN(CC)CCNC(=O)c1c[nH]c2ccc(I)cc2c1=O.Cl.Cl. The Balaban J connectivity index is 0.00000264. The van der Waals surface area contributed by atoms with Gasteiger partial charge in [0.1, 0.15) is 5.56 Å². The van der Waals surface area contributed by atoms with Crippen LogP contribution in [0.5, 0.6) is 0 Å². The summed E-state index contributed by atoms with van der Waals surface area (Å²) in [6.45, 7) is 7.37. The van der Waals surface area contributed by atoms with E-state index in [-0.39, 0.29) is 41.7 Å². The molecular weight excluding hydrogens is 464 g/mol. The number of hydrogen-bond acceptors (Lipinski definition) is 3. The molecule has 0 fully saturated rings. The van der Waals surface area contributed by atoms with Crippen molar-refractivity contribution < 1.29 is 4.79 Å². The van der Waals surface area contributed by atoms with Crippen molar-refractivity contribution in [3.05, 3.63) is 43.8 Å². The Morgan fingerprint density at radius 3 is 2.54 bits per heavy atom. The van der Waals surface area contributed by atoms with Gasteiger partial charge in [-0.2, -0.15) is 0 Å². The van der Waals surface area contributed by atoms with Gasteiger partial charge in [0.2, 0.25) is 5.43 Å². The Morgan fingerprint density at radius 2 is 1.92 bits per heavy atom. The van der Waals surface area contributed by atoms with Gasteiger partial charge in [0.25, 0.3) is 5.91 Å². The summed E-state index contributed by atoms with van der Waals surface area (Å²) in [5, 5.41) is 3.36. The average molecular weight is 486 g/mol. The van der Waals surface area contributed by atoms with E-state index in [9.17, 15) is 9.59 Å². The highest BCUT2D eigenvalue weighted by Gasteiger charge is 2.13. The minimum atomic E-state index is -0.325. The van der Waals surface area contributed by atoms with Gasteiger partial charge in [-0.3, -0.25) is 9.59 Å². The first kappa shape index (κ1) is 23.2. The zero-order valence-corrected chi connectivity index (χ0v) is 17.4. The number of fused-ring (bicyclic) bond motifs is 1. The molecule has 0 aliphatic rings. The molecule has 0 aliphatic heterocycles. The number of pyridine rings is 1. The predicted molar refractivity (Wildman–Crippen MR) is 112 cm³/mol. The van der Waals surface area contributed by atoms with Crippen LogP contribution >= 0.6 is 47.4 Å². The van der Waals surface area contributed by atoms with Crippen molar-refractivity contribution in [2.75, 3.05) is 26.2 Å². The van der Waals surface area contributed by atoms with Crippen LogP contribution in [0.25, 0.3) is 10.9 Å². The van der Waals surface area contributed by atoms with Crippen LogP contribution in [0.15, 0.2) is 29.2 Å². The van der Waals surface area contributed by atoms with Crippen LogP contribution in [0.4, 0.5) is 0 Å². The number of nitrogens with one attached hydrogen (secondary N) is 2. The molecule has 0 aliphatic carbocycles. The van der Waals surface area contributed by atoms with Gasteiger partial charge in [0, 0.05) is 33.8 Å². The first-order valence-corrected chi connectivity index (χ1v) is 8.46. The largest absolute Gasteiger partial charge is 0.360 e. The molecule has 1 aromatic heterocycles. The summed E-state index contributed by atoms with van der Waals surface area (Å²) >= 11 is 2.15. The molecule has 0 atom stereocenters. The van der Waals surface area contributed by atoms with E-state index in [4.69, 9.17) is 0 Å². The number of carbonyl (C=O) groups excluding carboxylic acids is 1. The number of nitrogens with zero attached hydrogens (tertiary/aromatic N) is 1. The summed E-state index contributed by atoms with van der Waals surface area (Å²) < 4.78 is 0.967. The lowest BCUT2D eigenvalue weighted by molar-refractivity contribution is 0.0947. The third kappa shape index (κ3) is 5.61. The molecular formula is C16H22Cl2IN3O2. The molecule has 1 aromatic carbocycles. The Labute approximate surface area is 167 Å². The summed E-state index contributed by atoms with van der Waals surface area (Å²) in [6.07, 6.45) is 1.49. The van der Waals surface area contributed by atoms with Crippen molar-refractivity contribution in [1.82, 2.24) is 15.2 Å². The van der Waals surface area contributed by atoms with Crippen molar-refractivity contribution >= 4 is 64.2 Å². The van der Waals surface area contributed by atoms with Crippen molar-refractivity contribution in [3.63, 3.8) is 0 Å². The molecule has 0 bridgehead atoms. The number of benzene rings is 1. The van der Waals surface area contributed by atoms with Gasteiger partial charge in [-0.15, -0.1) is 24.8 Å². The maximum absolute atomic E-state index is 12.4. The monoisotopic (exact) mass is 485 g/mol. The topological polar surface area (TPSA) is 65.2 Å². The fraction of sp³-hybridized carbons (Fsp3) is 0.375. The molecule has 24 heavy (non-hydrogen) atoms. The molecule has 8 heteroatoms. The van der Waals surface area contributed by atoms with E-state index < -0.39 is 0 Å². The van der Waals surface area contributed by atoms with Crippen LogP contribution in [0.1, 0.15) is 24.2 Å². The lowest BCUT2D eigenvalue weighted by Gasteiger charge is -2.17. The third-order valence-corrected chi connectivity index (χ3v) is 4.37. The van der Waals surface area contributed by atoms with Crippen LogP contribution in [0, 0.1) is 3.57 Å². The molecule has 2 N–H and O–H groups in total. The van der Waals surface area contributed by atoms with Gasteiger partial charge in [0.05, 0.1) is 0 Å². The second-order valence-electron chi connectivity index (χ2n) is 5.00. The fourth-order valence-corrected chi connectivity index (χ4v) is 2.81. The molecule has 0 saturated heterocycles. The summed E-state index contributed by atoms with van der Waals surface area (Å²) in [5.74, 6) is -0.325. The van der Waals surface area contributed by atoms with Crippen LogP contribution in [-0.4, -0.2) is 42.0 Å². The summed E-state index contributed by atoms with van der Waals surface area (Å²) in [6, 6.07) is 5.56. The van der Waals surface area contributed by atoms with E-state index >= 15 is 0 Å².